The summed E-state index contributed by atoms with van der Waals surface area (Å²) in [6.45, 7) is 0. The summed E-state index contributed by atoms with van der Waals surface area (Å²) < 4.78 is 39.2. The van der Waals surface area contributed by atoms with Gasteiger partial charge in [-0.25, -0.2) is 18.2 Å². The minimum atomic E-state index is -0.982. The van der Waals surface area contributed by atoms with Gasteiger partial charge >= 0.3 is 0 Å². The molecule has 0 radical (unpaired) electrons. The highest BCUT2D eigenvalue weighted by Crippen LogP contribution is 2.27. The molecule has 122 valence electrons. The predicted octanol–water partition coefficient (Wildman–Crippen LogP) is 5.13. The highest BCUT2D eigenvalue weighted by atomic mass is 35.5. The molecule has 0 atom stereocenters. The second kappa shape index (κ2) is 6.62. The van der Waals surface area contributed by atoms with Crippen molar-refractivity contribution < 1.29 is 18.0 Å². The lowest BCUT2D eigenvalue weighted by molar-refractivity contribution is 0.102. The number of nitrogens with one attached hydrogen (secondary N) is 1. The van der Waals surface area contributed by atoms with Crippen LogP contribution in [0.3, 0.4) is 0 Å². The van der Waals surface area contributed by atoms with Crippen molar-refractivity contribution in [3.05, 3.63) is 69.8 Å². The maximum atomic E-state index is 13.3. The summed E-state index contributed by atoms with van der Waals surface area (Å²) >= 11 is 6.94. The maximum Gasteiger partial charge on any atom is 0.258 e. The summed E-state index contributed by atoms with van der Waals surface area (Å²) in [4.78, 5) is 16.3. The Bertz CT molecular complexity index is 929. The van der Waals surface area contributed by atoms with E-state index in [1.54, 1.807) is 5.38 Å². The second-order valence-electron chi connectivity index (χ2n) is 4.75. The quantitative estimate of drug-likeness (QED) is 0.696. The Morgan fingerprint density at radius 2 is 1.88 bits per heavy atom. The average molecular weight is 369 g/mol. The van der Waals surface area contributed by atoms with E-state index in [0.29, 0.717) is 11.3 Å². The molecule has 24 heavy (non-hydrogen) atoms. The molecular formula is C16H8ClF3N2OS. The van der Waals surface area contributed by atoms with Gasteiger partial charge in [-0.1, -0.05) is 11.6 Å². The molecule has 0 aliphatic carbocycles. The third kappa shape index (κ3) is 3.42. The zero-order valence-electron chi connectivity index (χ0n) is 11.8. The van der Waals surface area contributed by atoms with Crippen molar-refractivity contribution in [1.82, 2.24) is 4.98 Å². The number of amides is 1. The van der Waals surface area contributed by atoms with Crippen LogP contribution in [0, 0.1) is 17.5 Å². The number of thiazole rings is 1. The molecule has 1 heterocycles. The van der Waals surface area contributed by atoms with Crippen molar-refractivity contribution in [2.24, 2.45) is 0 Å². The van der Waals surface area contributed by atoms with Gasteiger partial charge in [-0.15, -0.1) is 11.3 Å². The number of anilines is 1. The number of carbonyl (C=O) groups is 1. The van der Waals surface area contributed by atoms with Gasteiger partial charge < -0.3 is 0 Å². The van der Waals surface area contributed by atoms with Crippen LogP contribution in [-0.2, 0) is 0 Å². The van der Waals surface area contributed by atoms with Crippen molar-refractivity contribution in [2.75, 3.05) is 5.32 Å². The first kappa shape index (κ1) is 16.5. The van der Waals surface area contributed by atoms with E-state index in [2.05, 4.69) is 10.3 Å². The minimum absolute atomic E-state index is 0.0233. The van der Waals surface area contributed by atoms with E-state index >= 15 is 0 Å². The molecule has 2 aromatic carbocycles. The second-order valence-corrected chi connectivity index (χ2v) is 6.01. The largest absolute Gasteiger partial charge is 0.298 e. The Morgan fingerprint density at radius 1 is 1.08 bits per heavy atom. The fraction of sp³-hybridized carbons (Fsp3) is 0. The Kier molecular flexibility index (Phi) is 4.55. The molecule has 0 fully saturated rings. The molecule has 0 spiro atoms. The van der Waals surface area contributed by atoms with Crippen LogP contribution in [0.25, 0.3) is 11.3 Å². The first-order valence-electron chi connectivity index (χ1n) is 6.61. The van der Waals surface area contributed by atoms with Crippen LogP contribution in [0.5, 0.6) is 0 Å². The normalized spacial score (nSPS) is 10.7. The number of hydrogen-bond donors (Lipinski definition) is 1. The van der Waals surface area contributed by atoms with Gasteiger partial charge in [0.25, 0.3) is 5.91 Å². The van der Waals surface area contributed by atoms with Crippen molar-refractivity contribution in [2.45, 2.75) is 0 Å². The lowest BCUT2D eigenvalue weighted by Crippen LogP contribution is -2.12. The van der Waals surface area contributed by atoms with Gasteiger partial charge in [0.1, 0.15) is 5.82 Å². The molecule has 8 heteroatoms. The Balaban J connectivity index is 1.80. The zero-order valence-corrected chi connectivity index (χ0v) is 13.4. The number of hydrogen-bond acceptors (Lipinski definition) is 3. The van der Waals surface area contributed by atoms with E-state index in [9.17, 15) is 18.0 Å². The summed E-state index contributed by atoms with van der Waals surface area (Å²) in [6.07, 6.45) is 0. The van der Waals surface area contributed by atoms with Crippen LogP contribution in [0.1, 0.15) is 10.4 Å². The zero-order chi connectivity index (χ0) is 17.3. The molecule has 0 saturated heterocycles. The van der Waals surface area contributed by atoms with E-state index in [1.807, 2.05) is 0 Å². The first-order chi connectivity index (χ1) is 11.4. The van der Waals surface area contributed by atoms with Crippen molar-refractivity contribution in [3.8, 4) is 11.3 Å². The van der Waals surface area contributed by atoms with Crippen LogP contribution in [0.2, 0.25) is 5.02 Å². The molecule has 0 unspecified atom stereocenters. The standard InChI is InChI=1S/C16H8ClF3N2OS/c17-11-6-9(18)2-3-10(11)15(23)22-16-21-14(7-24-16)8-1-4-12(19)13(20)5-8/h1-7H,(H,21,22,23). The lowest BCUT2D eigenvalue weighted by atomic mass is 10.2. The highest BCUT2D eigenvalue weighted by molar-refractivity contribution is 7.14. The summed E-state index contributed by atoms with van der Waals surface area (Å²) in [5.41, 5.74) is 0.868. The van der Waals surface area contributed by atoms with Crippen LogP contribution in [0.15, 0.2) is 41.8 Å². The Labute approximate surface area is 143 Å². The summed E-state index contributed by atoms with van der Waals surface area (Å²) in [6, 6.07) is 6.82. The number of carbonyl (C=O) groups excluding carboxylic acids is 1. The molecule has 1 aromatic heterocycles. The summed E-state index contributed by atoms with van der Waals surface area (Å²) in [5.74, 6) is -3.03. The number of nitrogens with zero attached hydrogens (tertiary/aromatic N) is 1. The molecule has 3 aromatic rings. The molecule has 1 amide bonds. The van der Waals surface area contributed by atoms with Crippen LogP contribution in [0.4, 0.5) is 18.3 Å². The molecule has 1 N–H and O–H groups in total. The number of aromatic nitrogens is 1. The molecule has 0 bridgehead atoms. The molecule has 0 aliphatic rings. The molecule has 3 rings (SSSR count). The van der Waals surface area contributed by atoms with Gasteiger partial charge in [-0.3, -0.25) is 10.1 Å². The van der Waals surface area contributed by atoms with E-state index in [-0.39, 0.29) is 15.7 Å². The number of halogens is 4. The van der Waals surface area contributed by atoms with E-state index in [0.717, 1.165) is 35.6 Å². The topological polar surface area (TPSA) is 42.0 Å². The van der Waals surface area contributed by atoms with Gasteiger partial charge in [-0.2, -0.15) is 0 Å². The van der Waals surface area contributed by atoms with E-state index in [1.165, 1.54) is 12.1 Å². The molecule has 3 nitrogen and oxygen atoms in total. The van der Waals surface area contributed by atoms with Gasteiger partial charge in [0.15, 0.2) is 16.8 Å². The smallest absolute Gasteiger partial charge is 0.258 e. The Morgan fingerprint density at radius 3 is 2.58 bits per heavy atom. The number of rotatable bonds is 3. The SMILES string of the molecule is O=C(Nc1nc(-c2ccc(F)c(F)c2)cs1)c1ccc(F)cc1Cl. The summed E-state index contributed by atoms with van der Waals surface area (Å²) in [5, 5.41) is 4.35. The van der Waals surface area contributed by atoms with Crippen LogP contribution in [-0.4, -0.2) is 10.9 Å². The van der Waals surface area contributed by atoms with Crippen molar-refractivity contribution >= 4 is 34.0 Å². The van der Waals surface area contributed by atoms with Crippen molar-refractivity contribution in [1.29, 1.82) is 0 Å². The van der Waals surface area contributed by atoms with Crippen LogP contribution >= 0.6 is 22.9 Å². The number of benzene rings is 2. The predicted molar refractivity (Wildman–Crippen MR) is 86.8 cm³/mol. The lowest BCUT2D eigenvalue weighted by Gasteiger charge is -2.04. The average Bonchev–Trinajstić information content (AvgIpc) is 2.98. The summed E-state index contributed by atoms with van der Waals surface area (Å²) in [7, 11) is 0. The minimum Gasteiger partial charge on any atom is -0.298 e. The molecule has 0 aliphatic heterocycles. The fourth-order valence-corrected chi connectivity index (χ4v) is 2.93. The third-order valence-corrected chi connectivity index (χ3v) is 4.19. The van der Waals surface area contributed by atoms with Crippen molar-refractivity contribution in [3.63, 3.8) is 0 Å². The van der Waals surface area contributed by atoms with Gasteiger partial charge in [0.05, 0.1) is 16.3 Å². The highest BCUT2D eigenvalue weighted by Gasteiger charge is 2.14. The first-order valence-corrected chi connectivity index (χ1v) is 7.87. The van der Waals surface area contributed by atoms with Gasteiger partial charge in [-0.05, 0) is 36.4 Å². The van der Waals surface area contributed by atoms with E-state index < -0.39 is 23.4 Å². The Hall–Kier alpha value is -2.38. The molecular weight excluding hydrogens is 361 g/mol. The van der Waals surface area contributed by atoms with Gasteiger partial charge in [0, 0.05) is 10.9 Å². The van der Waals surface area contributed by atoms with Crippen LogP contribution < -0.4 is 5.32 Å². The van der Waals surface area contributed by atoms with E-state index in [4.69, 9.17) is 11.6 Å². The monoisotopic (exact) mass is 368 g/mol. The molecule has 0 saturated carbocycles. The third-order valence-electron chi connectivity index (χ3n) is 3.12. The van der Waals surface area contributed by atoms with Gasteiger partial charge in [0.2, 0.25) is 0 Å². The fourth-order valence-electron chi connectivity index (χ4n) is 1.96. The maximum absolute atomic E-state index is 13.3.